The largest absolute Gasteiger partial charge is 0.355 e. The molecule has 1 aliphatic heterocycles. The van der Waals surface area contributed by atoms with Crippen molar-refractivity contribution in [3.63, 3.8) is 0 Å². The molecule has 3 rings (SSSR count). The standard InChI is InChI=1S/C22H31N3O2/c1-16-11-17(2)14-24(13-16)10-6-9-23-21(26)15-25-18(3)12-19-7-4-5-8-20(19)22(25)27/h4-5,7-8,12,16-17H,6,9-11,13-15H2,1-3H3,(H,23,26). The van der Waals surface area contributed by atoms with E-state index in [-0.39, 0.29) is 18.0 Å². The van der Waals surface area contributed by atoms with E-state index in [0.29, 0.717) is 11.9 Å². The third kappa shape index (κ3) is 4.98. The van der Waals surface area contributed by atoms with Gasteiger partial charge in [-0.25, -0.2) is 0 Å². The minimum atomic E-state index is -0.101. The molecule has 0 radical (unpaired) electrons. The van der Waals surface area contributed by atoms with Crippen molar-refractivity contribution in [3.05, 3.63) is 46.4 Å². The molecule has 1 saturated heterocycles. The lowest BCUT2D eigenvalue weighted by atomic mass is 9.92. The maximum atomic E-state index is 12.7. The van der Waals surface area contributed by atoms with E-state index in [1.54, 1.807) is 4.57 Å². The van der Waals surface area contributed by atoms with Crippen LogP contribution in [-0.2, 0) is 11.3 Å². The Morgan fingerprint density at radius 2 is 1.89 bits per heavy atom. The number of aryl methyl sites for hydroxylation is 1. The van der Waals surface area contributed by atoms with Gasteiger partial charge in [0, 0.05) is 30.7 Å². The lowest BCUT2D eigenvalue weighted by Crippen LogP contribution is -2.40. The molecule has 0 spiro atoms. The van der Waals surface area contributed by atoms with Crippen LogP contribution in [0.1, 0.15) is 32.4 Å². The van der Waals surface area contributed by atoms with Crippen LogP contribution < -0.4 is 10.9 Å². The first-order chi connectivity index (χ1) is 12.9. The fraction of sp³-hybridized carbons (Fsp3) is 0.545. The van der Waals surface area contributed by atoms with Crippen molar-refractivity contribution >= 4 is 16.7 Å². The Hall–Kier alpha value is -2.14. The van der Waals surface area contributed by atoms with Crippen molar-refractivity contribution in [2.45, 2.75) is 40.2 Å². The second kappa shape index (κ2) is 8.70. The lowest BCUT2D eigenvalue weighted by molar-refractivity contribution is -0.121. The molecule has 2 unspecified atom stereocenters. The number of hydrogen-bond donors (Lipinski definition) is 1. The molecule has 146 valence electrons. The molecule has 0 aliphatic carbocycles. The fourth-order valence-electron chi connectivity index (χ4n) is 4.33. The topological polar surface area (TPSA) is 54.3 Å². The lowest BCUT2D eigenvalue weighted by Gasteiger charge is -2.34. The minimum Gasteiger partial charge on any atom is -0.355 e. The van der Waals surface area contributed by atoms with Gasteiger partial charge in [-0.2, -0.15) is 0 Å². The molecular formula is C22H31N3O2. The number of piperidine rings is 1. The average Bonchev–Trinajstić information content (AvgIpc) is 2.61. The highest BCUT2D eigenvalue weighted by molar-refractivity contribution is 5.82. The van der Waals surface area contributed by atoms with Gasteiger partial charge >= 0.3 is 0 Å². The Bertz CT molecular complexity index is 848. The van der Waals surface area contributed by atoms with Crippen LogP contribution in [0.15, 0.2) is 35.1 Å². The van der Waals surface area contributed by atoms with Crippen molar-refractivity contribution in [2.24, 2.45) is 11.8 Å². The van der Waals surface area contributed by atoms with Crippen LogP contribution in [0.2, 0.25) is 0 Å². The van der Waals surface area contributed by atoms with E-state index < -0.39 is 0 Å². The molecule has 2 aromatic rings. The van der Waals surface area contributed by atoms with Crippen LogP contribution in [0.3, 0.4) is 0 Å². The van der Waals surface area contributed by atoms with Gasteiger partial charge in [0.1, 0.15) is 6.54 Å². The molecule has 0 saturated carbocycles. The summed E-state index contributed by atoms with van der Waals surface area (Å²) in [6.07, 6.45) is 2.25. The number of likely N-dealkylation sites (tertiary alicyclic amines) is 1. The Morgan fingerprint density at radius 1 is 1.19 bits per heavy atom. The molecule has 1 amide bonds. The molecule has 1 N–H and O–H groups in total. The average molecular weight is 370 g/mol. The Balaban J connectivity index is 1.51. The van der Waals surface area contributed by atoms with Gasteiger partial charge < -0.3 is 14.8 Å². The van der Waals surface area contributed by atoms with E-state index in [0.717, 1.165) is 49.0 Å². The van der Waals surface area contributed by atoms with E-state index in [1.807, 2.05) is 37.3 Å². The van der Waals surface area contributed by atoms with Gasteiger partial charge in [-0.1, -0.05) is 32.0 Å². The predicted molar refractivity (Wildman–Crippen MR) is 110 cm³/mol. The molecule has 27 heavy (non-hydrogen) atoms. The summed E-state index contributed by atoms with van der Waals surface area (Å²) >= 11 is 0. The van der Waals surface area contributed by atoms with Gasteiger partial charge in [-0.15, -0.1) is 0 Å². The number of nitrogens with zero attached hydrogens (tertiary/aromatic N) is 2. The number of carbonyl (C=O) groups is 1. The second-order valence-electron chi connectivity index (χ2n) is 8.17. The Kier molecular flexibility index (Phi) is 6.32. The van der Waals surface area contributed by atoms with Crippen LogP contribution >= 0.6 is 0 Å². The number of rotatable bonds is 6. The molecule has 5 heteroatoms. The zero-order chi connectivity index (χ0) is 19.4. The first-order valence-electron chi connectivity index (χ1n) is 10.0. The van der Waals surface area contributed by atoms with Crippen molar-refractivity contribution in [3.8, 4) is 0 Å². The third-order valence-electron chi connectivity index (χ3n) is 5.45. The minimum absolute atomic E-state index is 0.0767. The first kappa shape index (κ1) is 19.6. The van der Waals surface area contributed by atoms with Crippen LogP contribution in [0.4, 0.5) is 0 Å². The molecule has 1 fully saturated rings. The summed E-state index contributed by atoms with van der Waals surface area (Å²) in [5.74, 6) is 1.41. The number of hydrogen-bond acceptors (Lipinski definition) is 3. The van der Waals surface area contributed by atoms with E-state index in [9.17, 15) is 9.59 Å². The van der Waals surface area contributed by atoms with Crippen LogP contribution in [0, 0.1) is 18.8 Å². The van der Waals surface area contributed by atoms with Gasteiger partial charge in [-0.05, 0) is 55.7 Å². The summed E-state index contributed by atoms with van der Waals surface area (Å²) < 4.78 is 1.56. The molecule has 5 nitrogen and oxygen atoms in total. The molecule has 2 atom stereocenters. The van der Waals surface area contributed by atoms with Gasteiger partial charge in [0.25, 0.3) is 5.56 Å². The molecule has 2 heterocycles. The van der Waals surface area contributed by atoms with Gasteiger partial charge in [0.15, 0.2) is 0 Å². The highest BCUT2D eigenvalue weighted by atomic mass is 16.2. The summed E-state index contributed by atoms with van der Waals surface area (Å²) in [7, 11) is 0. The summed E-state index contributed by atoms with van der Waals surface area (Å²) in [5, 5.41) is 4.55. The SMILES string of the molecule is Cc1cc2ccccc2c(=O)n1CC(=O)NCCCN1CC(C)CC(C)C1. The number of fused-ring (bicyclic) bond motifs is 1. The maximum absolute atomic E-state index is 12.7. The molecule has 0 bridgehead atoms. The Morgan fingerprint density at radius 3 is 2.63 bits per heavy atom. The molecule has 1 aromatic carbocycles. The smallest absolute Gasteiger partial charge is 0.259 e. The number of amides is 1. The van der Waals surface area contributed by atoms with Crippen molar-refractivity contribution in [2.75, 3.05) is 26.2 Å². The highest BCUT2D eigenvalue weighted by Gasteiger charge is 2.21. The van der Waals surface area contributed by atoms with Gasteiger partial charge in [-0.3, -0.25) is 9.59 Å². The zero-order valence-electron chi connectivity index (χ0n) is 16.7. The number of pyridine rings is 1. The summed E-state index contributed by atoms with van der Waals surface area (Å²) in [6, 6.07) is 9.47. The molecule has 1 aromatic heterocycles. The van der Waals surface area contributed by atoms with Crippen LogP contribution in [0.5, 0.6) is 0 Å². The first-order valence-corrected chi connectivity index (χ1v) is 10.0. The number of benzene rings is 1. The van der Waals surface area contributed by atoms with Crippen LogP contribution in [-0.4, -0.2) is 41.6 Å². The fourth-order valence-corrected chi connectivity index (χ4v) is 4.33. The monoisotopic (exact) mass is 369 g/mol. The normalized spacial score (nSPS) is 20.7. The predicted octanol–water partition coefficient (Wildman–Crippen LogP) is 2.79. The van der Waals surface area contributed by atoms with Crippen molar-refractivity contribution < 1.29 is 4.79 Å². The molecular weight excluding hydrogens is 338 g/mol. The Labute approximate surface area is 161 Å². The number of carbonyl (C=O) groups excluding carboxylic acids is 1. The summed E-state index contributed by atoms with van der Waals surface area (Å²) in [4.78, 5) is 27.5. The van der Waals surface area contributed by atoms with Gasteiger partial charge in [0.2, 0.25) is 5.91 Å². The zero-order valence-corrected chi connectivity index (χ0v) is 16.7. The van der Waals surface area contributed by atoms with Gasteiger partial charge in [0.05, 0.1) is 0 Å². The van der Waals surface area contributed by atoms with E-state index in [1.165, 1.54) is 6.42 Å². The van der Waals surface area contributed by atoms with Crippen molar-refractivity contribution in [1.82, 2.24) is 14.8 Å². The molecule has 1 aliphatic rings. The van der Waals surface area contributed by atoms with Crippen LogP contribution in [0.25, 0.3) is 10.8 Å². The van der Waals surface area contributed by atoms with Crippen molar-refractivity contribution in [1.29, 1.82) is 0 Å². The van der Waals surface area contributed by atoms with E-state index in [2.05, 4.69) is 24.1 Å². The second-order valence-corrected chi connectivity index (χ2v) is 8.17. The van der Waals surface area contributed by atoms with E-state index >= 15 is 0 Å². The summed E-state index contributed by atoms with van der Waals surface area (Å²) in [5.41, 5.74) is 0.710. The van der Waals surface area contributed by atoms with E-state index in [4.69, 9.17) is 0 Å². The number of aromatic nitrogens is 1. The quantitative estimate of drug-likeness (QED) is 0.797. The third-order valence-corrected chi connectivity index (χ3v) is 5.45. The maximum Gasteiger partial charge on any atom is 0.259 e. The summed E-state index contributed by atoms with van der Waals surface area (Å²) in [6.45, 7) is 10.6. The highest BCUT2D eigenvalue weighted by Crippen LogP contribution is 2.20. The number of nitrogens with one attached hydrogen (secondary N) is 1.